The molecule has 1 aliphatic carbocycles. The van der Waals surface area contributed by atoms with Crippen LogP contribution in [0.4, 0.5) is 5.00 Å². The quantitative estimate of drug-likeness (QED) is 0.511. The molecule has 6 nitrogen and oxygen atoms in total. The Kier molecular flexibility index (Phi) is 7.43. The van der Waals surface area contributed by atoms with E-state index in [2.05, 4.69) is 10.6 Å². The molecule has 0 spiro atoms. The van der Waals surface area contributed by atoms with Crippen LogP contribution in [-0.4, -0.2) is 39.2 Å². The molecule has 0 unspecified atom stereocenters. The van der Waals surface area contributed by atoms with E-state index in [0.717, 1.165) is 42.6 Å². The van der Waals surface area contributed by atoms with Gasteiger partial charge >= 0.3 is 0 Å². The predicted molar refractivity (Wildman–Crippen MR) is 116 cm³/mol. The number of carbonyl (C=O) groups excluding carboxylic acids is 2. The van der Waals surface area contributed by atoms with Crippen LogP contribution >= 0.6 is 11.3 Å². The Hall–Kier alpha value is -2.64. The molecule has 2 N–H and O–H groups in total. The highest BCUT2D eigenvalue weighted by Gasteiger charge is 2.25. The van der Waals surface area contributed by atoms with Crippen LogP contribution in [0.3, 0.4) is 0 Å². The number of amides is 2. The summed E-state index contributed by atoms with van der Waals surface area (Å²) in [4.78, 5) is 26.4. The lowest BCUT2D eigenvalue weighted by atomic mass is 9.95. The summed E-state index contributed by atoms with van der Waals surface area (Å²) in [6, 6.07) is 7.43. The first kappa shape index (κ1) is 21.1. The molecule has 1 aromatic carbocycles. The summed E-state index contributed by atoms with van der Waals surface area (Å²) < 4.78 is 10.1. The zero-order chi connectivity index (χ0) is 20.6. The van der Waals surface area contributed by atoms with Crippen molar-refractivity contribution in [3.63, 3.8) is 0 Å². The number of anilines is 1. The molecule has 7 heteroatoms. The molecule has 0 radical (unpaired) electrons. The van der Waals surface area contributed by atoms with E-state index >= 15 is 0 Å². The first-order valence-corrected chi connectivity index (χ1v) is 10.5. The van der Waals surface area contributed by atoms with Crippen molar-refractivity contribution in [2.75, 3.05) is 32.7 Å². The summed E-state index contributed by atoms with van der Waals surface area (Å²) in [7, 11) is 3.21. The number of methoxy groups -OCH3 is 2. The average molecular weight is 415 g/mol. The van der Waals surface area contributed by atoms with Gasteiger partial charge in [-0.1, -0.05) is 12.1 Å². The number of hydrogen-bond acceptors (Lipinski definition) is 5. The highest BCUT2D eigenvalue weighted by Crippen LogP contribution is 2.38. The minimum atomic E-state index is -0.259. The summed E-state index contributed by atoms with van der Waals surface area (Å²) >= 11 is 1.51. The lowest BCUT2D eigenvalue weighted by molar-refractivity contribution is -0.111. The van der Waals surface area contributed by atoms with Crippen molar-refractivity contribution in [1.29, 1.82) is 0 Å². The van der Waals surface area contributed by atoms with Crippen molar-refractivity contribution in [3.8, 4) is 5.75 Å². The van der Waals surface area contributed by atoms with Crippen molar-refractivity contribution >= 4 is 34.2 Å². The lowest BCUT2D eigenvalue weighted by Crippen LogP contribution is -2.28. The first-order valence-electron chi connectivity index (χ1n) is 9.67. The van der Waals surface area contributed by atoms with Gasteiger partial charge in [0.2, 0.25) is 5.91 Å². The number of fused-ring (bicyclic) bond motifs is 1. The van der Waals surface area contributed by atoms with E-state index in [9.17, 15) is 9.59 Å². The molecule has 0 bridgehead atoms. The smallest absolute Gasteiger partial charge is 0.254 e. The number of carbonyl (C=O) groups is 2. The molecule has 0 saturated carbocycles. The van der Waals surface area contributed by atoms with Gasteiger partial charge in [-0.25, -0.2) is 0 Å². The minimum Gasteiger partial charge on any atom is -0.497 e. The summed E-state index contributed by atoms with van der Waals surface area (Å²) in [5.74, 6) is 0.348. The number of ether oxygens (including phenoxy) is 2. The van der Waals surface area contributed by atoms with Crippen molar-refractivity contribution in [3.05, 3.63) is 51.9 Å². The summed E-state index contributed by atoms with van der Waals surface area (Å²) in [5, 5.41) is 6.41. The minimum absolute atomic E-state index is 0.157. The SMILES string of the molecule is COCCNC(=O)c1c(NC(=O)/C=C/c2ccc(OC)cc2)sc2c1CCCC2. The highest BCUT2D eigenvalue weighted by atomic mass is 32.1. The van der Waals surface area contributed by atoms with Crippen LogP contribution in [0.15, 0.2) is 30.3 Å². The molecule has 0 atom stereocenters. The fraction of sp³-hybridized carbons (Fsp3) is 0.364. The number of rotatable bonds is 8. The van der Waals surface area contributed by atoms with Gasteiger partial charge in [0, 0.05) is 24.6 Å². The van der Waals surface area contributed by atoms with Crippen molar-refractivity contribution in [2.24, 2.45) is 0 Å². The van der Waals surface area contributed by atoms with E-state index < -0.39 is 0 Å². The van der Waals surface area contributed by atoms with Crippen molar-refractivity contribution in [1.82, 2.24) is 5.32 Å². The van der Waals surface area contributed by atoms with Crippen LogP contribution in [0.1, 0.15) is 39.2 Å². The highest BCUT2D eigenvalue weighted by molar-refractivity contribution is 7.17. The maximum atomic E-state index is 12.8. The number of thiophene rings is 1. The molecule has 2 aromatic rings. The van der Waals surface area contributed by atoms with Crippen LogP contribution in [0.25, 0.3) is 6.08 Å². The van der Waals surface area contributed by atoms with E-state index in [4.69, 9.17) is 9.47 Å². The fourth-order valence-corrected chi connectivity index (χ4v) is 4.58. The van der Waals surface area contributed by atoms with Gasteiger partial charge in [0.1, 0.15) is 10.8 Å². The van der Waals surface area contributed by atoms with E-state index in [0.29, 0.717) is 23.7 Å². The van der Waals surface area contributed by atoms with Crippen molar-refractivity contribution in [2.45, 2.75) is 25.7 Å². The zero-order valence-electron chi connectivity index (χ0n) is 16.7. The Morgan fingerprint density at radius 2 is 1.90 bits per heavy atom. The van der Waals surface area contributed by atoms with Gasteiger partial charge in [0.15, 0.2) is 0 Å². The molecule has 0 saturated heterocycles. The van der Waals surface area contributed by atoms with Gasteiger partial charge in [-0.15, -0.1) is 11.3 Å². The Labute approximate surface area is 174 Å². The van der Waals surface area contributed by atoms with Crippen molar-refractivity contribution < 1.29 is 19.1 Å². The molecular formula is C22H26N2O4S. The number of hydrogen-bond donors (Lipinski definition) is 2. The van der Waals surface area contributed by atoms with Crippen LogP contribution in [-0.2, 0) is 22.4 Å². The molecule has 0 aliphatic heterocycles. The van der Waals surface area contributed by atoms with Gasteiger partial charge in [0.05, 0.1) is 19.3 Å². The maximum absolute atomic E-state index is 12.8. The first-order chi connectivity index (χ1) is 14.1. The third-order valence-corrected chi connectivity index (χ3v) is 5.98. The molecular weight excluding hydrogens is 388 g/mol. The zero-order valence-corrected chi connectivity index (χ0v) is 17.6. The second-order valence-electron chi connectivity index (χ2n) is 6.76. The van der Waals surface area contributed by atoms with Gasteiger partial charge in [-0.05, 0) is 55.0 Å². The molecule has 29 heavy (non-hydrogen) atoms. The Morgan fingerprint density at radius 3 is 2.62 bits per heavy atom. The van der Waals surface area contributed by atoms with Gasteiger partial charge < -0.3 is 20.1 Å². The third kappa shape index (κ3) is 5.46. The molecule has 3 rings (SSSR count). The molecule has 0 fully saturated rings. The Bertz CT molecular complexity index is 887. The van der Waals surface area contributed by atoms with Gasteiger partial charge in [-0.3, -0.25) is 9.59 Å². The van der Waals surface area contributed by atoms with E-state index in [1.807, 2.05) is 24.3 Å². The van der Waals surface area contributed by atoms with E-state index in [1.165, 1.54) is 22.3 Å². The molecule has 1 aliphatic rings. The molecule has 2 amide bonds. The lowest BCUT2D eigenvalue weighted by Gasteiger charge is -2.13. The van der Waals surface area contributed by atoms with Gasteiger partial charge in [0.25, 0.3) is 5.91 Å². The second kappa shape index (κ2) is 10.2. The Balaban J connectivity index is 1.74. The Morgan fingerprint density at radius 1 is 1.14 bits per heavy atom. The number of aryl methyl sites for hydroxylation is 1. The van der Waals surface area contributed by atoms with Gasteiger partial charge in [-0.2, -0.15) is 0 Å². The number of benzene rings is 1. The molecule has 1 heterocycles. The van der Waals surface area contributed by atoms with Crippen LogP contribution in [0.5, 0.6) is 5.75 Å². The predicted octanol–water partition coefficient (Wildman–Crippen LogP) is 3.66. The second-order valence-corrected chi connectivity index (χ2v) is 7.86. The third-order valence-electron chi connectivity index (χ3n) is 4.77. The average Bonchev–Trinajstić information content (AvgIpc) is 3.10. The summed E-state index contributed by atoms with van der Waals surface area (Å²) in [6.45, 7) is 0.884. The summed E-state index contributed by atoms with van der Waals surface area (Å²) in [5.41, 5.74) is 2.57. The molecule has 154 valence electrons. The topological polar surface area (TPSA) is 76.7 Å². The fourth-order valence-electron chi connectivity index (χ4n) is 3.29. The largest absolute Gasteiger partial charge is 0.497 e. The number of nitrogens with one attached hydrogen (secondary N) is 2. The van der Waals surface area contributed by atoms with Crippen LogP contribution < -0.4 is 15.4 Å². The molecule has 1 aromatic heterocycles. The van der Waals surface area contributed by atoms with Crippen LogP contribution in [0.2, 0.25) is 0 Å². The monoisotopic (exact) mass is 414 g/mol. The van der Waals surface area contributed by atoms with Crippen LogP contribution in [0, 0.1) is 0 Å². The van der Waals surface area contributed by atoms with E-state index in [-0.39, 0.29) is 11.8 Å². The standard InChI is InChI=1S/C22H26N2O4S/c1-27-14-13-23-21(26)20-17-5-3-4-6-18(17)29-22(20)24-19(25)12-9-15-7-10-16(28-2)11-8-15/h7-12H,3-6,13-14H2,1-2H3,(H,23,26)(H,24,25)/b12-9+. The van der Waals surface area contributed by atoms with E-state index in [1.54, 1.807) is 20.3 Å². The normalized spacial score (nSPS) is 13.2. The maximum Gasteiger partial charge on any atom is 0.254 e. The summed E-state index contributed by atoms with van der Waals surface area (Å²) in [6.07, 6.45) is 7.22.